The van der Waals surface area contributed by atoms with Crippen molar-refractivity contribution in [2.45, 2.75) is 58.0 Å². The van der Waals surface area contributed by atoms with Gasteiger partial charge in [0.1, 0.15) is 0 Å². The van der Waals surface area contributed by atoms with E-state index in [9.17, 15) is 0 Å². The molecule has 1 fully saturated rings. The van der Waals surface area contributed by atoms with Gasteiger partial charge in [-0.2, -0.15) is 5.10 Å². The Balaban J connectivity index is 2.21. The Labute approximate surface area is 133 Å². The molecule has 0 bridgehead atoms. The van der Waals surface area contributed by atoms with Gasteiger partial charge < -0.3 is 10.1 Å². The lowest BCUT2D eigenvalue weighted by Crippen LogP contribution is -2.31. The SMILES string of the molecule is CCNC(c1c(Cl)cnn1CCOC)C1CCCCCC1. The van der Waals surface area contributed by atoms with Gasteiger partial charge in [-0.25, -0.2) is 0 Å². The third-order valence-electron chi connectivity index (χ3n) is 4.43. The Morgan fingerprint density at radius 2 is 2.10 bits per heavy atom. The number of halogens is 1. The van der Waals surface area contributed by atoms with E-state index in [0.29, 0.717) is 18.6 Å². The maximum absolute atomic E-state index is 6.45. The molecule has 4 nitrogen and oxygen atoms in total. The molecule has 1 aliphatic carbocycles. The Hall–Kier alpha value is -0.580. The van der Waals surface area contributed by atoms with E-state index in [0.717, 1.165) is 23.8 Å². The van der Waals surface area contributed by atoms with Crippen LogP contribution in [0.3, 0.4) is 0 Å². The molecule has 1 aliphatic rings. The summed E-state index contributed by atoms with van der Waals surface area (Å²) in [4.78, 5) is 0. The first-order valence-corrected chi connectivity index (χ1v) is 8.59. The average Bonchev–Trinajstić information content (AvgIpc) is 2.69. The van der Waals surface area contributed by atoms with E-state index < -0.39 is 0 Å². The largest absolute Gasteiger partial charge is 0.383 e. The second-order valence-electron chi connectivity index (χ2n) is 5.88. The van der Waals surface area contributed by atoms with Crippen LogP contribution in [0.2, 0.25) is 5.02 Å². The van der Waals surface area contributed by atoms with Crippen molar-refractivity contribution >= 4 is 11.6 Å². The van der Waals surface area contributed by atoms with Gasteiger partial charge in [0.15, 0.2) is 0 Å². The molecular formula is C16H28ClN3O. The van der Waals surface area contributed by atoms with E-state index in [2.05, 4.69) is 17.3 Å². The van der Waals surface area contributed by atoms with Crippen molar-refractivity contribution in [3.05, 3.63) is 16.9 Å². The number of hydrogen-bond acceptors (Lipinski definition) is 3. The number of ether oxygens (including phenoxy) is 1. The molecule has 21 heavy (non-hydrogen) atoms. The molecule has 0 spiro atoms. The first-order valence-electron chi connectivity index (χ1n) is 8.21. The maximum atomic E-state index is 6.45. The molecule has 1 heterocycles. The Bertz CT molecular complexity index is 414. The maximum Gasteiger partial charge on any atom is 0.0834 e. The van der Waals surface area contributed by atoms with Gasteiger partial charge in [-0.3, -0.25) is 4.68 Å². The standard InChI is InChI=1S/C16H28ClN3O/c1-3-18-15(13-8-6-4-5-7-9-13)16-14(17)12-19-20(16)10-11-21-2/h12-13,15,18H,3-11H2,1-2H3. The van der Waals surface area contributed by atoms with Crippen LogP contribution in [-0.4, -0.2) is 30.0 Å². The highest BCUT2D eigenvalue weighted by atomic mass is 35.5. The van der Waals surface area contributed by atoms with Gasteiger partial charge in [0, 0.05) is 7.11 Å². The van der Waals surface area contributed by atoms with Crippen LogP contribution in [0.15, 0.2) is 6.20 Å². The monoisotopic (exact) mass is 313 g/mol. The highest BCUT2D eigenvalue weighted by Crippen LogP contribution is 2.36. The van der Waals surface area contributed by atoms with Crippen molar-refractivity contribution in [2.75, 3.05) is 20.3 Å². The zero-order valence-corrected chi connectivity index (χ0v) is 14.0. The smallest absolute Gasteiger partial charge is 0.0834 e. The van der Waals surface area contributed by atoms with Gasteiger partial charge in [-0.15, -0.1) is 0 Å². The van der Waals surface area contributed by atoms with E-state index in [1.54, 1.807) is 13.3 Å². The predicted octanol–water partition coefficient (Wildman–Crippen LogP) is 3.80. The summed E-state index contributed by atoms with van der Waals surface area (Å²) in [7, 11) is 1.72. The fourth-order valence-corrected chi connectivity index (χ4v) is 3.65. The van der Waals surface area contributed by atoms with E-state index in [4.69, 9.17) is 16.3 Å². The fraction of sp³-hybridized carbons (Fsp3) is 0.812. The van der Waals surface area contributed by atoms with E-state index in [-0.39, 0.29) is 0 Å². The minimum Gasteiger partial charge on any atom is -0.383 e. The van der Waals surface area contributed by atoms with Crippen LogP contribution >= 0.6 is 11.6 Å². The average molecular weight is 314 g/mol. The van der Waals surface area contributed by atoms with Crippen molar-refractivity contribution in [1.29, 1.82) is 0 Å². The molecule has 0 amide bonds. The van der Waals surface area contributed by atoms with Crippen LogP contribution in [0.25, 0.3) is 0 Å². The second-order valence-corrected chi connectivity index (χ2v) is 6.29. The number of nitrogens with one attached hydrogen (secondary N) is 1. The minimum absolute atomic E-state index is 0.306. The summed E-state index contributed by atoms with van der Waals surface area (Å²) in [5.74, 6) is 0.656. The topological polar surface area (TPSA) is 39.1 Å². The van der Waals surface area contributed by atoms with Crippen LogP contribution in [0.5, 0.6) is 0 Å². The molecule has 5 heteroatoms. The summed E-state index contributed by atoms with van der Waals surface area (Å²) >= 11 is 6.45. The third-order valence-corrected chi connectivity index (χ3v) is 4.72. The van der Waals surface area contributed by atoms with E-state index in [1.165, 1.54) is 38.5 Å². The van der Waals surface area contributed by atoms with Crippen LogP contribution in [-0.2, 0) is 11.3 Å². The number of rotatable bonds is 7. The quantitative estimate of drug-likeness (QED) is 0.778. The highest BCUT2D eigenvalue weighted by Gasteiger charge is 2.28. The Morgan fingerprint density at radius 3 is 2.71 bits per heavy atom. The van der Waals surface area contributed by atoms with E-state index in [1.807, 2.05) is 4.68 Å². The molecule has 120 valence electrons. The third kappa shape index (κ3) is 4.44. The number of nitrogens with zero attached hydrogens (tertiary/aromatic N) is 2. The summed E-state index contributed by atoms with van der Waals surface area (Å²) in [5.41, 5.74) is 1.14. The van der Waals surface area contributed by atoms with Crippen LogP contribution in [0.4, 0.5) is 0 Å². The van der Waals surface area contributed by atoms with Gasteiger partial charge >= 0.3 is 0 Å². The molecule has 1 atom stereocenters. The molecule has 1 saturated carbocycles. The summed E-state index contributed by atoms with van der Waals surface area (Å²) < 4.78 is 7.21. The molecule has 2 rings (SSSR count). The molecule has 1 aromatic heterocycles. The van der Waals surface area contributed by atoms with Crippen LogP contribution < -0.4 is 5.32 Å². The first kappa shape index (κ1) is 16.8. The summed E-state index contributed by atoms with van der Waals surface area (Å²) in [6, 6.07) is 0.306. The van der Waals surface area contributed by atoms with Crippen molar-refractivity contribution in [1.82, 2.24) is 15.1 Å². The first-order chi connectivity index (χ1) is 10.3. The fourth-order valence-electron chi connectivity index (χ4n) is 3.39. The highest BCUT2D eigenvalue weighted by molar-refractivity contribution is 6.31. The zero-order chi connectivity index (χ0) is 15.1. The molecule has 0 aliphatic heterocycles. The zero-order valence-electron chi connectivity index (χ0n) is 13.3. The van der Waals surface area contributed by atoms with Gasteiger partial charge in [0.2, 0.25) is 0 Å². The second kappa shape index (κ2) is 8.76. The van der Waals surface area contributed by atoms with Crippen LogP contribution in [0.1, 0.15) is 57.2 Å². The molecule has 1 aromatic rings. The summed E-state index contributed by atoms with van der Waals surface area (Å²) in [6.45, 7) is 4.53. The lowest BCUT2D eigenvalue weighted by atomic mass is 9.89. The van der Waals surface area contributed by atoms with Gasteiger partial charge in [-0.1, -0.05) is 44.2 Å². The molecule has 0 saturated heterocycles. The lowest BCUT2D eigenvalue weighted by molar-refractivity contribution is 0.180. The van der Waals surface area contributed by atoms with Crippen molar-refractivity contribution in [3.8, 4) is 0 Å². The Kier molecular flexibility index (Phi) is 7.00. The van der Waals surface area contributed by atoms with Crippen molar-refractivity contribution in [2.24, 2.45) is 5.92 Å². The Morgan fingerprint density at radius 1 is 1.38 bits per heavy atom. The molecular weight excluding hydrogens is 286 g/mol. The number of aromatic nitrogens is 2. The van der Waals surface area contributed by atoms with Crippen molar-refractivity contribution < 1.29 is 4.74 Å². The molecule has 0 radical (unpaired) electrons. The number of methoxy groups -OCH3 is 1. The van der Waals surface area contributed by atoms with Crippen molar-refractivity contribution in [3.63, 3.8) is 0 Å². The predicted molar refractivity (Wildman–Crippen MR) is 86.7 cm³/mol. The molecule has 0 aromatic carbocycles. The lowest BCUT2D eigenvalue weighted by Gasteiger charge is -2.28. The van der Waals surface area contributed by atoms with Gasteiger partial charge in [-0.05, 0) is 25.3 Å². The van der Waals surface area contributed by atoms with E-state index >= 15 is 0 Å². The number of hydrogen-bond donors (Lipinski definition) is 1. The van der Waals surface area contributed by atoms with Gasteiger partial charge in [0.25, 0.3) is 0 Å². The molecule has 1 unspecified atom stereocenters. The summed E-state index contributed by atoms with van der Waals surface area (Å²) in [6.07, 6.45) is 9.73. The normalized spacial score (nSPS) is 18.6. The van der Waals surface area contributed by atoms with Crippen LogP contribution in [0, 0.1) is 5.92 Å². The minimum atomic E-state index is 0.306. The molecule has 1 N–H and O–H groups in total. The van der Waals surface area contributed by atoms with Gasteiger partial charge in [0.05, 0.1) is 36.1 Å². The summed E-state index contributed by atoms with van der Waals surface area (Å²) in [5, 5.41) is 8.87.